The van der Waals surface area contributed by atoms with E-state index in [9.17, 15) is 4.79 Å². The predicted octanol–water partition coefficient (Wildman–Crippen LogP) is 2.11. The maximum Gasteiger partial charge on any atom is 0.311 e. The third kappa shape index (κ3) is 3.44. The summed E-state index contributed by atoms with van der Waals surface area (Å²) in [5.74, 6) is -0.171. The molecule has 23 heavy (non-hydrogen) atoms. The van der Waals surface area contributed by atoms with Gasteiger partial charge in [0.1, 0.15) is 0 Å². The van der Waals surface area contributed by atoms with Crippen molar-refractivity contribution < 1.29 is 14.7 Å². The number of oxime groups is 1. The normalized spacial score (nSPS) is 12.6. The Labute approximate surface area is 134 Å². The van der Waals surface area contributed by atoms with Gasteiger partial charge < -0.3 is 15.7 Å². The van der Waals surface area contributed by atoms with Crippen molar-refractivity contribution in [3.05, 3.63) is 30.0 Å². The first-order chi connectivity index (χ1) is 10.9. The van der Waals surface area contributed by atoms with Crippen molar-refractivity contribution in [2.45, 2.75) is 33.7 Å². The van der Waals surface area contributed by atoms with Crippen LogP contribution in [0.1, 0.15) is 32.8 Å². The van der Waals surface area contributed by atoms with Crippen LogP contribution in [0.4, 0.5) is 0 Å². The molecule has 124 valence electrons. The van der Waals surface area contributed by atoms with E-state index in [1.165, 1.54) is 0 Å². The molecule has 0 spiro atoms. The summed E-state index contributed by atoms with van der Waals surface area (Å²) in [6, 6.07) is 5.50. The van der Waals surface area contributed by atoms with Gasteiger partial charge in [0, 0.05) is 17.5 Å². The molecule has 0 aliphatic carbocycles. The van der Waals surface area contributed by atoms with Gasteiger partial charge in [0.2, 0.25) is 0 Å². The lowest BCUT2D eigenvalue weighted by Gasteiger charge is -2.22. The Bertz CT molecular complexity index is 734. The zero-order valence-electron chi connectivity index (χ0n) is 13.6. The van der Waals surface area contributed by atoms with Crippen LogP contribution in [0, 0.1) is 5.41 Å². The van der Waals surface area contributed by atoms with E-state index in [2.05, 4.69) is 10.3 Å². The number of benzene rings is 1. The fourth-order valence-electron chi connectivity index (χ4n) is 2.37. The van der Waals surface area contributed by atoms with Crippen molar-refractivity contribution in [3.8, 4) is 0 Å². The number of rotatable bonds is 6. The Hall–Kier alpha value is -2.57. The lowest BCUT2D eigenvalue weighted by atomic mass is 9.89. The van der Waals surface area contributed by atoms with Gasteiger partial charge >= 0.3 is 5.97 Å². The van der Waals surface area contributed by atoms with E-state index in [0.717, 1.165) is 10.9 Å². The lowest BCUT2D eigenvalue weighted by Crippen LogP contribution is -2.28. The Morgan fingerprint density at radius 1 is 1.48 bits per heavy atom. The van der Waals surface area contributed by atoms with E-state index < -0.39 is 5.41 Å². The van der Waals surface area contributed by atoms with Crippen molar-refractivity contribution in [1.82, 2.24) is 9.78 Å². The Kier molecular flexibility index (Phi) is 4.88. The smallest absolute Gasteiger partial charge is 0.311 e. The molecule has 2 rings (SSSR count). The second-order valence-electron chi connectivity index (χ2n) is 5.95. The van der Waals surface area contributed by atoms with Gasteiger partial charge in [-0.05, 0) is 33.3 Å². The molecule has 1 heterocycles. The van der Waals surface area contributed by atoms with Gasteiger partial charge in [-0.2, -0.15) is 5.10 Å². The fraction of sp³-hybridized carbons (Fsp3) is 0.438. The summed E-state index contributed by atoms with van der Waals surface area (Å²) < 4.78 is 6.91. The third-order valence-corrected chi connectivity index (χ3v) is 3.85. The predicted molar refractivity (Wildman–Crippen MR) is 87.3 cm³/mol. The third-order valence-electron chi connectivity index (χ3n) is 3.85. The molecule has 0 saturated heterocycles. The molecule has 0 bridgehead atoms. The van der Waals surface area contributed by atoms with E-state index in [-0.39, 0.29) is 11.8 Å². The number of nitrogens with zero attached hydrogens (tertiary/aromatic N) is 3. The molecule has 3 N–H and O–H groups in total. The van der Waals surface area contributed by atoms with Crippen LogP contribution in [-0.4, -0.2) is 33.4 Å². The zero-order valence-corrected chi connectivity index (χ0v) is 13.6. The molecule has 0 fully saturated rings. The van der Waals surface area contributed by atoms with Gasteiger partial charge in [-0.25, -0.2) is 0 Å². The highest BCUT2D eigenvalue weighted by Crippen LogP contribution is 2.25. The molecule has 0 unspecified atom stereocenters. The number of esters is 1. The number of amidine groups is 1. The number of hydrogen-bond acceptors (Lipinski definition) is 5. The molecular formula is C16H22N4O3. The van der Waals surface area contributed by atoms with Crippen molar-refractivity contribution in [1.29, 1.82) is 0 Å². The summed E-state index contributed by atoms with van der Waals surface area (Å²) in [5, 5.41) is 17.1. The average molecular weight is 318 g/mol. The fourth-order valence-corrected chi connectivity index (χ4v) is 2.37. The summed E-state index contributed by atoms with van der Waals surface area (Å²) in [6.45, 7) is 6.45. The number of ether oxygens (including phenoxy) is 1. The van der Waals surface area contributed by atoms with Crippen LogP contribution in [0.3, 0.4) is 0 Å². The number of nitrogens with two attached hydrogens (primary N) is 1. The van der Waals surface area contributed by atoms with Crippen LogP contribution in [-0.2, 0) is 16.1 Å². The molecule has 0 amide bonds. The van der Waals surface area contributed by atoms with Gasteiger partial charge in [0.05, 0.1) is 23.7 Å². The Balaban J connectivity index is 2.24. The molecule has 2 aromatic rings. The van der Waals surface area contributed by atoms with Crippen LogP contribution in [0.5, 0.6) is 0 Å². The molecule has 1 aromatic heterocycles. The highest BCUT2D eigenvalue weighted by molar-refractivity contribution is 6.07. The molecule has 1 aromatic carbocycles. The standard InChI is InChI=1S/C16H22N4O3/c1-4-23-15(21)16(2,3)8-9-20-13-7-5-6-11(14(17)19-22)12(13)10-18-20/h5-7,10,22H,4,8-9H2,1-3H3,(H2,17,19). The van der Waals surface area contributed by atoms with E-state index in [1.54, 1.807) is 19.2 Å². The summed E-state index contributed by atoms with van der Waals surface area (Å²) in [5.41, 5.74) is 6.60. The van der Waals surface area contributed by atoms with Gasteiger partial charge in [-0.3, -0.25) is 9.48 Å². The minimum absolute atomic E-state index is 0.0435. The van der Waals surface area contributed by atoms with Crippen molar-refractivity contribution in [2.75, 3.05) is 6.61 Å². The highest BCUT2D eigenvalue weighted by Gasteiger charge is 2.29. The topological polar surface area (TPSA) is 103 Å². The molecule has 0 atom stereocenters. The van der Waals surface area contributed by atoms with Crippen LogP contribution in [0.2, 0.25) is 0 Å². The van der Waals surface area contributed by atoms with E-state index >= 15 is 0 Å². The first-order valence-electron chi connectivity index (χ1n) is 7.50. The first-order valence-corrected chi connectivity index (χ1v) is 7.50. The maximum absolute atomic E-state index is 12.0. The first kappa shape index (κ1) is 16.8. The molecular weight excluding hydrogens is 296 g/mol. The largest absolute Gasteiger partial charge is 0.466 e. The van der Waals surface area contributed by atoms with E-state index in [0.29, 0.717) is 25.1 Å². The van der Waals surface area contributed by atoms with Crippen LogP contribution in [0.25, 0.3) is 10.9 Å². The molecule has 7 heteroatoms. The summed E-state index contributed by atoms with van der Waals surface area (Å²) in [4.78, 5) is 12.0. The molecule has 7 nitrogen and oxygen atoms in total. The minimum atomic E-state index is -0.586. The number of carbonyl (C=O) groups excluding carboxylic acids is 1. The monoisotopic (exact) mass is 318 g/mol. The van der Waals surface area contributed by atoms with Crippen molar-refractivity contribution in [2.24, 2.45) is 16.3 Å². The van der Waals surface area contributed by atoms with Gasteiger partial charge in [-0.15, -0.1) is 0 Å². The molecule has 0 radical (unpaired) electrons. The summed E-state index contributed by atoms with van der Waals surface area (Å²) in [7, 11) is 0. The summed E-state index contributed by atoms with van der Waals surface area (Å²) in [6.07, 6.45) is 2.27. The van der Waals surface area contributed by atoms with Crippen LogP contribution >= 0.6 is 0 Å². The van der Waals surface area contributed by atoms with Gasteiger partial charge in [-0.1, -0.05) is 17.3 Å². The lowest BCUT2D eigenvalue weighted by molar-refractivity contribution is -0.153. The zero-order chi connectivity index (χ0) is 17.0. The van der Waals surface area contributed by atoms with Crippen molar-refractivity contribution >= 4 is 22.7 Å². The van der Waals surface area contributed by atoms with Crippen LogP contribution in [0.15, 0.2) is 29.6 Å². The maximum atomic E-state index is 12.0. The Morgan fingerprint density at radius 3 is 2.87 bits per heavy atom. The van der Waals surface area contributed by atoms with Crippen LogP contribution < -0.4 is 5.73 Å². The van der Waals surface area contributed by atoms with Crippen molar-refractivity contribution in [3.63, 3.8) is 0 Å². The number of carbonyl (C=O) groups is 1. The summed E-state index contributed by atoms with van der Waals surface area (Å²) >= 11 is 0. The SMILES string of the molecule is CCOC(=O)C(C)(C)CCn1ncc2c(/C(N)=N\O)cccc21. The van der Waals surface area contributed by atoms with Gasteiger partial charge in [0.25, 0.3) is 0 Å². The van der Waals surface area contributed by atoms with Gasteiger partial charge in [0.15, 0.2) is 5.84 Å². The number of aryl methyl sites for hydroxylation is 1. The Morgan fingerprint density at radius 2 is 2.22 bits per heavy atom. The number of aromatic nitrogens is 2. The minimum Gasteiger partial charge on any atom is -0.466 e. The van der Waals surface area contributed by atoms with E-state index in [4.69, 9.17) is 15.7 Å². The average Bonchev–Trinajstić information content (AvgIpc) is 2.95. The number of fused-ring (bicyclic) bond motifs is 1. The number of hydrogen-bond donors (Lipinski definition) is 2. The second kappa shape index (κ2) is 6.68. The molecule has 0 saturated carbocycles. The molecule has 0 aliphatic heterocycles. The quantitative estimate of drug-likeness (QED) is 0.279. The second-order valence-corrected chi connectivity index (χ2v) is 5.95. The molecule has 0 aliphatic rings. The van der Waals surface area contributed by atoms with E-state index in [1.807, 2.05) is 30.7 Å². The highest BCUT2D eigenvalue weighted by atomic mass is 16.5.